The lowest BCUT2D eigenvalue weighted by Crippen LogP contribution is -2.31. The van der Waals surface area contributed by atoms with E-state index in [1.807, 2.05) is 24.5 Å². The van der Waals surface area contributed by atoms with Crippen molar-refractivity contribution in [3.8, 4) is 5.75 Å². The Balaban J connectivity index is 1.90. The second kappa shape index (κ2) is 5.41. The number of fused-ring (bicyclic) bond motifs is 1. The summed E-state index contributed by atoms with van der Waals surface area (Å²) < 4.78 is 5.75. The van der Waals surface area contributed by atoms with Gasteiger partial charge in [0.25, 0.3) is 0 Å². The summed E-state index contributed by atoms with van der Waals surface area (Å²) in [6.07, 6.45) is 3.55. The number of thioether (sulfide) groups is 2. The van der Waals surface area contributed by atoms with E-state index in [0.717, 1.165) is 15.5 Å². The van der Waals surface area contributed by atoms with Crippen LogP contribution in [0.3, 0.4) is 0 Å². The molecule has 0 bridgehead atoms. The molecule has 0 spiro atoms. The molecule has 20 heavy (non-hydrogen) atoms. The fourth-order valence-electron chi connectivity index (χ4n) is 1.94. The highest BCUT2D eigenvalue weighted by atomic mass is 32.2. The number of ether oxygens (including phenoxy) is 1. The van der Waals surface area contributed by atoms with Crippen LogP contribution in [0.5, 0.6) is 5.75 Å². The maximum absolute atomic E-state index is 11.4. The number of H-pyrrole nitrogens is 2. The van der Waals surface area contributed by atoms with Crippen LogP contribution < -0.4 is 15.9 Å². The number of hydrogen-bond donors (Lipinski definition) is 2. The summed E-state index contributed by atoms with van der Waals surface area (Å²) >= 11 is 3.28. The summed E-state index contributed by atoms with van der Waals surface area (Å²) in [5, 5.41) is -0.0350. The second-order valence-corrected chi connectivity index (χ2v) is 6.38. The highest BCUT2D eigenvalue weighted by molar-refractivity contribution is 7.99. The molecule has 2 heterocycles. The minimum atomic E-state index is -0.638. The van der Waals surface area contributed by atoms with Crippen molar-refractivity contribution in [2.24, 2.45) is 0 Å². The van der Waals surface area contributed by atoms with E-state index in [0.29, 0.717) is 12.3 Å². The molecule has 2 N–H and O–H groups in total. The van der Waals surface area contributed by atoms with Gasteiger partial charge in [0.2, 0.25) is 0 Å². The molecule has 0 saturated carbocycles. The van der Waals surface area contributed by atoms with Crippen LogP contribution in [0, 0.1) is 0 Å². The Hall–Kier alpha value is -1.60. The number of aromatic amines is 2. The van der Waals surface area contributed by atoms with E-state index in [1.165, 1.54) is 6.20 Å². The fourth-order valence-corrected chi connectivity index (χ4v) is 3.44. The summed E-state index contributed by atoms with van der Waals surface area (Å²) in [6.45, 7) is 0.456. The molecule has 0 aliphatic carbocycles. The van der Waals surface area contributed by atoms with E-state index in [2.05, 4.69) is 9.97 Å². The third-order valence-electron chi connectivity index (χ3n) is 2.98. The van der Waals surface area contributed by atoms with Crippen molar-refractivity contribution in [1.29, 1.82) is 0 Å². The van der Waals surface area contributed by atoms with Crippen LogP contribution in [-0.4, -0.2) is 22.8 Å². The third-order valence-corrected chi connectivity index (χ3v) is 4.97. The Morgan fingerprint density at radius 2 is 2.20 bits per heavy atom. The fraction of sp³-hybridized carbons (Fsp3) is 0.231. The van der Waals surface area contributed by atoms with Gasteiger partial charge in [-0.15, -0.1) is 23.5 Å². The Kier molecular flexibility index (Phi) is 3.62. The summed E-state index contributed by atoms with van der Waals surface area (Å²) in [4.78, 5) is 29.7. The number of benzene rings is 1. The Morgan fingerprint density at radius 3 is 2.95 bits per heavy atom. The van der Waals surface area contributed by atoms with Gasteiger partial charge < -0.3 is 14.7 Å². The smallest absolute Gasteiger partial charge is 0.313 e. The molecule has 2 aromatic rings. The van der Waals surface area contributed by atoms with Crippen LogP contribution in [0.1, 0.15) is 10.9 Å². The highest BCUT2D eigenvalue weighted by Crippen LogP contribution is 2.44. The lowest BCUT2D eigenvalue weighted by Gasteiger charge is -2.24. The van der Waals surface area contributed by atoms with E-state index < -0.39 is 11.1 Å². The first kappa shape index (κ1) is 13.4. The van der Waals surface area contributed by atoms with Crippen molar-refractivity contribution in [2.45, 2.75) is 15.0 Å². The average molecular weight is 308 g/mol. The summed E-state index contributed by atoms with van der Waals surface area (Å²) in [5.74, 6) is 0.866. The third kappa shape index (κ3) is 2.51. The molecule has 1 aliphatic heterocycles. The van der Waals surface area contributed by atoms with E-state index in [1.54, 1.807) is 23.5 Å². The van der Waals surface area contributed by atoms with Crippen molar-refractivity contribution < 1.29 is 4.74 Å². The topological polar surface area (TPSA) is 75.0 Å². The van der Waals surface area contributed by atoms with Gasteiger partial charge in [0, 0.05) is 11.1 Å². The quantitative estimate of drug-likeness (QED) is 0.656. The molecule has 0 amide bonds. The molecule has 3 rings (SSSR count). The van der Waals surface area contributed by atoms with Crippen molar-refractivity contribution in [3.63, 3.8) is 0 Å². The zero-order valence-corrected chi connectivity index (χ0v) is 12.3. The van der Waals surface area contributed by atoms with Gasteiger partial charge >= 0.3 is 11.1 Å². The molecule has 0 fully saturated rings. The van der Waals surface area contributed by atoms with Crippen LogP contribution in [0.15, 0.2) is 43.8 Å². The molecule has 1 aromatic carbocycles. The van der Waals surface area contributed by atoms with Crippen LogP contribution >= 0.6 is 23.5 Å². The molecule has 1 aliphatic rings. The number of aromatic nitrogens is 2. The van der Waals surface area contributed by atoms with Gasteiger partial charge in [0.05, 0.1) is 15.8 Å². The predicted octanol–water partition coefficient (Wildman–Crippen LogP) is 2.01. The van der Waals surface area contributed by atoms with E-state index in [9.17, 15) is 9.59 Å². The number of hydrogen-bond acceptors (Lipinski definition) is 5. The van der Waals surface area contributed by atoms with E-state index in [4.69, 9.17) is 4.74 Å². The maximum Gasteiger partial charge on any atom is 0.313 e. The SMILES string of the molecule is CSc1ccc2c(c1)OC[C@@H](c1c[nH]c(=O)c(=O)[nH]1)S2. The van der Waals surface area contributed by atoms with Crippen LogP contribution in [0.25, 0.3) is 0 Å². The van der Waals surface area contributed by atoms with Crippen LogP contribution in [0.2, 0.25) is 0 Å². The average Bonchev–Trinajstić information content (AvgIpc) is 2.49. The lowest BCUT2D eigenvalue weighted by molar-refractivity contribution is 0.301. The molecule has 0 saturated heterocycles. The zero-order valence-electron chi connectivity index (χ0n) is 10.6. The van der Waals surface area contributed by atoms with Crippen LogP contribution in [0.4, 0.5) is 0 Å². The molecule has 0 radical (unpaired) electrons. The molecule has 1 aromatic heterocycles. The van der Waals surface area contributed by atoms with Gasteiger partial charge in [-0.1, -0.05) is 0 Å². The van der Waals surface area contributed by atoms with Crippen molar-refractivity contribution in [3.05, 3.63) is 50.8 Å². The van der Waals surface area contributed by atoms with Gasteiger partial charge in [0.1, 0.15) is 12.4 Å². The number of nitrogens with one attached hydrogen (secondary N) is 2. The monoisotopic (exact) mass is 308 g/mol. The first-order valence-electron chi connectivity index (χ1n) is 5.97. The highest BCUT2D eigenvalue weighted by Gasteiger charge is 2.23. The van der Waals surface area contributed by atoms with Gasteiger partial charge in [-0.25, -0.2) is 0 Å². The first-order valence-corrected chi connectivity index (χ1v) is 8.07. The summed E-state index contributed by atoms with van der Waals surface area (Å²) in [6, 6.07) is 6.07. The normalized spacial score (nSPS) is 17.4. The maximum atomic E-state index is 11.4. The van der Waals surface area contributed by atoms with Gasteiger partial charge in [-0.2, -0.15) is 0 Å². The molecule has 104 valence electrons. The van der Waals surface area contributed by atoms with Gasteiger partial charge in [-0.3, -0.25) is 9.59 Å². The molecular formula is C13H12N2O3S2. The Labute approximate surface area is 123 Å². The largest absolute Gasteiger partial charge is 0.491 e. The first-order chi connectivity index (χ1) is 9.67. The molecular weight excluding hydrogens is 296 g/mol. The summed E-state index contributed by atoms with van der Waals surface area (Å²) in [7, 11) is 0. The lowest BCUT2D eigenvalue weighted by atomic mass is 10.3. The van der Waals surface area contributed by atoms with Crippen molar-refractivity contribution in [2.75, 3.05) is 12.9 Å². The Morgan fingerprint density at radius 1 is 1.35 bits per heavy atom. The molecule has 1 atom stereocenters. The number of rotatable bonds is 2. The standard InChI is InChI=1S/C13H12N2O3S2/c1-19-7-2-3-10-9(4-7)18-6-11(20-10)8-5-14-12(16)13(17)15-8/h2-5,11H,6H2,1H3,(H,14,16)(H,15,17)/t11-/m0/s1. The Bertz CT molecular complexity index is 754. The van der Waals surface area contributed by atoms with Crippen molar-refractivity contribution >= 4 is 23.5 Å². The second-order valence-electron chi connectivity index (χ2n) is 4.26. The van der Waals surface area contributed by atoms with E-state index in [-0.39, 0.29) is 5.25 Å². The van der Waals surface area contributed by atoms with E-state index >= 15 is 0 Å². The molecule has 5 nitrogen and oxygen atoms in total. The zero-order chi connectivity index (χ0) is 14.1. The molecule has 0 unspecified atom stereocenters. The predicted molar refractivity (Wildman–Crippen MR) is 80.0 cm³/mol. The van der Waals surface area contributed by atoms with Gasteiger partial charge in [0.15, 0.2) is 0 Å². The van der Waals surface area contributed by atoms with Crippen LogP contribution in [-0.2, 0) is 0 Å². The minimum Gasteiger partial charge on any atom is -0.491 e. The van der Waals surface area contributed by atoms with Crippen molar-refractivity contribution in [1.82, 2.24) is 9.97 Å². The summed E-state index contributed by atoms with van der Waals surface area (Å²) in [5.41, 5.74) is -0.605. The minimum absolute atomic E-state index is 0.0350. The van der Waals surface area contributed by atoms with Gasteiger partial charge in [-0.05, 0) is 24.5 Å². The molecule has 7 heteroatoms.